The summed E-state index contributed by atoms with van der Waals surface area (Å²) in [6, 6.07) is 24.6. The molecular formula is C25H18INO2. The molecule has 3 aromatic rings. The van der Waals surface area contributed by atoms with E-state index < -0.39 is 5.41 Å². The van der Waals surface area contributed by atoms with Crippen LogP contribution in [0.5, 0.6) is 0 Å². The highest BCUT2D eigenvalue weighted by molar-refractivity contribution is 14.1. The minimum absolute atomic E-state index is 0.0392. The van der Waals surface area contributed by atoms with Crippen molar-refractivity contribution in [2.75, 3.05) is 4.90 Å². The molecule has 4 aliphatic rings. The predicted octanol–water partition coefficient (Wildman–Crippen LogP) is 5.22. The van der Waals surface area contributed by atoms with E-state index in [2.05, 4.69) is 59.0 Å². The van der Waals surface area contributed by atoms with E-state index in [1.54, 1.807) is 0 Å². The molecule has 29 heavy (non-hydrogen) atoms. The number of halogens is 1. The Morgan fingerprint density at radius 1 is 0.793 bits per heavy atom. The predicted molar refractivity (Wildman–Crippen MR) is 120 cm³/mol. The maximum absolute atomic E-state index is 13.9. The van der Waals surface area contributed by atoms with Crippen LogP contribution in [0.3, 0.4) is 0 Å². The van der Waals surface area contributed by atoms with Crippen LogP contribution in [0.4, 0.5) is 5.69 Å². The molecule has 0 unspecified atom stereocenters. The van der Waals surface area contributed by atoms with Gasteiger partial charge in [-0.05, 0) is 75.5 Å². The monoisotopic (exact) mass is 491 g/mol. The van der Waals surface area contributed by atoms with Gasteiger partial charge in [0.15, 0.2) is 0 Å². The molecule has 0 radical (unpaired) electrons. The van der Waals surface area contributed by atoms with Crippen LogP contribution >= 0.6 is 22.6 Å². The van der Waals surface area contributed by atoms with E-state index in [0.717, 1.165) is 3.57 Å². The van der Waals surface area contributed by atoms with Crippen LogP contribution in [0.1, 0.15) is 46.9 Å². The number of hydrogen-bond donors (Lipinski definition) is 0. The van der Waals surface area contributed by atoms with Gasteiger partial charge in [0.05, 0.1) is 11.1 Å². The van der Waals surface area contributed by atoms with Crippen molar-refractivity contribution in [2.24, 2.45) is 5.41 Å². The molecule has 0 N–H and O–H groups in total. The van der Waals surface area contributed by atoms with Crippen molar-refractivity contribution in [3.05, 3.63) is 98.6 Å². The highest BCUT2D eigenvalue weighted by atomic mass is 127. The minimum atomic E-state index is -0.687. The molecule has 2 amide bonds. The Morgan fingerprint density at radius 3 is 1.93 bits per heavy atom. The van der Waals surface area contributed by atoms with E-state index in [0.29, 0.717) is 12.1 Å². The zero-order valence-electron chi connectivity index (χ0n) is 15.6. The first kappa shape index (κ1) is 17.4. The summed E-state index contributed by atoms with van der Waals surface area (Å²) in [4.78, 5) is 28.5. The lowest BCUT2D eigenvalue weighted by Gasteiger charge is -2.50. The number of hydrogen-bond acceptors (Lipinski definition) is 2. The largest absolute Gasteiger partial charge is 0.274 e. The average molecular weight is 491 g/mol. The molecule has 3 aromatic carbocycles. The molecule has 3 nitrogen and oxygen atoms in total. The Kier molecular flexibility index (Phi) is 3.61. The summed E-state index contributed by atoms with van der Waals surface area (Å²) in [5.74, 6) is -0.0209. The second-order valence-corrected chi connectivity index (χ2v) is 9.54. The van der Waals surface area contributed by atoms with Crippen molar-refractivity contribution >= 4 is 40.1 Å². The van der Waals surface area contributed by atoms with Crippen LogP contribution in [-0.2, 0) is 9.59 Å². The number of rotatable bonds is 1. The molecule has 1 heterocycles. The fraction of sp³-hybridized carbons (Fsp3) is 0.200. The second kappa shape index (κ2) is 6.02. The first-order valence-corrected chi connectivity index (χ1v) is 11.0. The van der Waals surface area contributed by atoms with Gasteiger partial charge in [-0.25, -0.2) is 0 Å². The van der Waals surface area contributed by atoms with Gasteiger partial charge in [0.1, 0.15) is 0 Å². The van der Waals surface area contributed by atoms with E-state index in [1.807, 2.05) is 36.4 Å². The molecule has 0 saturated carbocycles. The zero-order valence-corrected chi connectivity index (χ0v) is 17.8. The lowest BCUT2D eigenvalue weighted by molar-refractivity contribution is -0.127. The van der Waals surface area contributed by atoms with Crippen molar-refractivity contribution in [3.63, 3.8) is 0 Å². The lowest BCUT2D eigenvalue weighted by Crippen LogP contribution is -2.47. The molecule has 1 aliphatic heterocycles. The number of nitrogens with zero attached hydrogens (tertiary/aromatic N) is 1. The topological polar surface area (TPSA) is 37.4 Å². The Morgan fingerprint density at radius 2 is 1.34 bits per heavy atom. The van der Waals surface area contributed by atoms with Gasteiger partial charge in [-0.2, -0.15) is 0 Å². The fourth-order valence-corrected chi connectivity index (χ4v) is 6.17. The Balaban J connectivity index is 1.54. The molecule has 0 aromatic heterocycles. The molecule has 142 valence electrons. The van der Waals surface area contributed by atoms with E-state index in [9.17, 15) is 9.59 Å². The maximum atomic E-state index is 13.9. The van der Waals surface area contributed by atoms with E-state index >= 15 is 0 Å². The maximum Gasteiger partial charge on any atom is 0.241 e. The van der Waals surface area contributed by atoms with Crippen LogP contribution in [0.25, 0.3) is 0 Å². The standard InChI is InChI=1S/C25H18INO2/c26-15-9-11-16(12-10-15)27-22(28)14-25(24(27)29)13-21-17-5-1-3-7-19(17)23(25)20-8-4-2-6-18(20)21/h1-12,21,23H,13-14H2/t21?,23?,25-/m0/s1. The number of carbonyl (C=O) groups excluding carboxylic acids is 2. The summed E-state index contributed by atoms with van der Waals surface area (Å²) in [6.07, 6.45) is 0.985. The van der Waals surface area contributed by atoms with Crippen LogP contribution in [-0.4, -0.2) is 11.8 Å². The molecule has 4 heteroatoms. The Labute approximate surface area is 182 Å². The quantitative estimate of drug-likeness (QED) is 0.346. The van der Waals surface area contributed by atoms with Crippen molar-refractivity contribution in [1.29, 1.82) is 0 Å². The van der Waals surface area contributed by atoms with Gasteiger partial charge in [-0.1, -0.05) is 48.5 Å². The van der Waals surface area contributed by atoms with E-state index in [-0.39, 0.29) is 30.1 Å². The zero-order chi connectivity index (χ0) is 19.8. The normalized spacial score (nSPS) is 26.7. The first-order valence-electron chi connectivity index (χ1n) is 9.91. The lowest BCUT2D eigenvalue weighted by atomic mass is 9.51. The molecule has 1 fully saturated rings. The van der Waals surface area contributed by atoms with Crippen LogP contribution in [0, 0.1) is 8.99 Å². The third-order valence-corrected chi connectivity index (χ3v) is 7.63. The molecule has 1 spiro atoms. The summed E-state index contributed by atoms with van der Waals surface area (Å²) >= 11 is 2.23. The van der Waals surface area contributed by atoms with Gasteiger partial charge in [0, 0.05) is 21.8 Å². The van der Waals surface area contributed by atoms with Crippen molar-refractivity contribution < 1.29 is 9.59 Å². The number of benzene rings is 3. The highest BCUT2D eigenvalue weighted by Crippen LogP contribution is 2.64. The minimum Gasteiger partial charge on any atom is -0.274 e. The van der Waals surface area contributed by atoms with Gasteiger partial charge >= 0.3 is 0 Å². The van der Waals surface area contributed by atoms with Crippen molar-refractivity contribution in [3.8, 4) is 0 Å². The van der Waals surface area contributed by atoms with E-state index in [4.69, 9.17) is 0 Å². The smallest absolute Gasteiger partial charge is 0.241 e. The summed E-state index contributed by atoms with van der Waals surface area (Å²) in [5, 5.41) is 0. The summed E-state index contributed by atoms with van der Waals surface area (Å²) < 4.78 is 1.08. The summed E-state index contributed by atoms with van der Waals surface area (Å²) in [6.45, 7) is 0. The third kappa shape index (κ3) is 2.23. The van der Waals surface area contributed by atoms with E-state index in [1.165, 1.54) is 27.2 Å². The van der Waals surface area contributed by atoms with Crippen molar-refractivity contribution in [2.45, 2.75) is 24.7 Å². The fourth-order valence-electron chi connectivity index (χ4n) is 5.81. The van der Waals surface area contributed by atoms with Gasteiger partial charge in [0.25, 0.3) is 0 Å². The van der Waals surface area contributed by atoms with Gasteiger partial charge in [0.2, 0.25) is 11.8 Å². The highest BCUT2D eigenvalue weighted by Gasteiger charge is 2.62. The van der Waals surface area contributed by atoms with Crippen LogP contribution < -0.4 is 4.90 Å². The summed E-state index contributed by atoms with van der Waals surface area (Å²) in [7, 11) is 0. The first-order chi connectivity index (χ1) is 14.1. The molecule has 1 atom stereocenters. The Hall–Kier alpha value is -2.47. The Bertz CT molecular complexity index is 1140. The molecule has 7 rings (SSSR count). The van der Waals surface area contributed by atoms with Gasteiger partial charge in [-0.15, -0.1) is 0 Å². The molecular weight excluding hydrogens is 473 g/mol. The number of amides is 2. The van der Waals surface area contributed by atoms with Crippen LogP contribution in [0.15, 0.2) is 72.8 Å². The van der Waals surface area contributed by atoms with Crippen molar-refractivity contribution in [1.82, 2.24) is 0 Å². The number of imide groups is 1. The number of carbonyl (C=O) groups is 2. The van der Waals surface area contributed by atoms with Crippen LogP contribution in [0.2, 0.25) is 0 Å². The molecule has 1 saturated heterocycles. The van der Waals surface area contributed by atoms with Gasteiger partial charge < -0.3 is 0 Å². The molecule has 2 bridgehead atoms. The second-order valence-electron chi connectivity index (χ2n) is 8.29. The summed E-state index contributed by atoms with van der Waals surface area (Å²) in [5.41, 5.74) is 5.05. The average Bonchev–Trinajstić information content (AvgIpc) is 2.98. The van der Waals surface area contributed by atoms with Gasteiger partial charge in [-0.3, -0.25) is 14.5 Å². The SMILES string of the molecule is O=C1C[C@]2(CC3c4ccccc4C2c2ccccc23)C(=O)N1c1ccc(I)cc1. The number of anilines is 1. The molecule has 3 aliphatic carbocycles. The third-order valence-electron chi connectivity index (χ3n) is 6.92.